The highest BCUT2D eigenvalue weighted by Crippen LogP contribution is 2.53. The molecule has 2 fully saturated rings. The number of aromatic nitrogens is 9. The van der Waals surface area contributed by atoms with E-state index in [1.807, 2.05) is 0 Å². The average Bonchev–Trinajstić information content (AvgIpc) is 3.70. The first-order valence-corrected chi connectivity index (χ1v) is 14.6. The number of ether oxygens (including phenoxy) is 2. The normalized spacial score (nSPS) is 31.3. The molecular formula is C19H21F2N10O9PS. The van der Waals surface area contributed by atoms with E-state index in [9.17, 15) is 24.7 Å². The topological polar surface area (TPSA) is 264 Å². The third kappa shape index (κ3) is 4.42. The van der Waals surface area contributed by atoms with E-state index in [0.29, 0.717) is 4.68 Å². The van der Waals surface area contributed by atoms with Crippen LogP contribution in [0.15, 0.2) is 22.2 Å². The number of imidazole rings is 1. The van der Waals surface area contributed by atoms with Crippen LogP contribution in [0.1, 0.15) is 0 Å². The number of fused-ring (bicyclic) bond motifs is 2. The van der Waals surface area contributed by atoms with E-state index >= 15 is 8.78 Å². The minimum Gasteiger partial charge on any atom is -0.394 e. The number of nitrogens with two attached hydrogens (primary N) is 1. The second-order valence-electron chi connectivity index (χ2n) is 9.39. The number of H-pyrrole nitrogens is 2. The second-order valence-corrected chi connectivity index (χ2v) is 12.2. The molecule has 0 radical (unpaired) electrons. The first-order valence-electron chi connectivity index (χ1n) is 12.0. The monoisotopic (exact) mass is 634 g/mol. The van der Waals surface area contributed by atoms with Crippen LogP contribution >= 0.6 is 6.72 Å². The zero-order chi connectivity index (χ0) is 30.0. The Balaban J connectivity index is 1.26. The predicted octanol–water partition coefficient (Wildman–Crippen LogP) is -2.76. The maximum Gasteiger partial charge on any atom is 0.327 e. The number of hydrogen-bond donors (Lipinski definition) is 6. The summed E-state index contributed by atoms with van der Waals surface area (Å²) in [6.07, 6.45) is -5.11. The summed E-state index contributed by atoms with van der Waals surface area (Å²) in [7, 11) is 0. The molecule has 0 aliphatic carbocycles. The summed E-state index contributed by atoms with van der Waals surface area (Å²) in [6.45, 7) is -7.54. The summed E-state index contributed by atoms with van der Waals surface area (Å²) >= 11 is 5.08. The standard InChI is InChI=1S/C19H21F2N10O9PS/c20-11-7(1-32)38-4-19(11,31-14-10(28-29-31)16(35)27-17(22)26-14)40-41(36,42)39-2-8-12(33)18(21,3-37-8)30-6-25-9-13(30)23-5-24-15(9)34/h5-8,11-12,32-33H,1-4H2,(H,36,42)(H,23,24,34)(H3,22,26,27,35)/t7-,8-,11+,12-,18-,19-,41?/m1/s1. The predicted molar refractivity (Wildman–Crippen MR) is 137 cm³/mol. The van der Waals surface area contributed by atoms with Crippen LogP contribution in [0.5, 0.6) is 0 Å². The van der Waals surface area contributed by atoms with Gasteiger partial charge in [0.15, 0.2) is 28.5 Å². The van der Waals surface area contributed by atoms with E-state index in [0.717, 1.165) is 17.2 Å². The van der Waals surface area contributed by atoms with E-state index in [-0.39, 0.29) is 28.3 Å². The van der Waals surface area contributed by atoms with Gasteiger partial charge in [-0.3, -0.25) is 23.7 Å². The van der Waals surface area contributed by atoms with Crippen molar-refractivity contribution < 1.29 is 42.4 Å². The van der Waals surface area contributed by atoms with E-state index in [4.69, 9.17) is 36.1 Å². The number of halogens is 2. The Kier molecular flexibility index (Phi) is 6.94. The fourth-order valence-corrected chi connectivity index (χ4v) is 6.35. The first-order chi connectivity index (χ1) is 19.9. The van der Waals surface area contributed by atoms with Crippen LogP contribution in [0.3, 0.4) is 0 Å². The second kappa shape index (κ2) is 10.1. The molecule has 0 bridgehead atoms. The van der Waals surface area contributed by atoms with Gasteiger partial charge in [-0.25, -0.2) is 18.7 Å². The maximum atomic E-state index is 16.0. The number of nitrogens with one attached hydrogen (secondary N) is 2. The lowest BCUT2D eigenvalue weighted by Gasteiger charge is -2.33. The molecule has 2 aliphatic rings. The molecule has 19 nitrogen and oxygen atoms in total. The Morgan fingerprint density at radius 2 is 1.98 bits per heavy atom. The summed E-state index contributed by atoms with van der Waals surface area (Å²) in [4.78, 5) is 51.3. The molecule has 2 saturated heterocycles. The molecule has 23 heteroatoms. The number of nitrogen functional groups attached to an aromatic ring is 1. The summed E-state index contributed by atoms with van der Waals surface area (Å²) in [5.74, 6) is -3.02. The SMILES string of the molecule is Nc1nc2c(nnn2[C@@]2(OP(O)(=S)OC[C@H]3OC[C@@](F)(n4cnc5c(=O)[nH]cnc54)[C@@H]3O)CO[C@H](CO)[C@@H]2F)c(=O)[nH]1. The van der Waals surface area contributed by atoms with Crippen LogP contribution in [0.25, 0.3) is 22.3 Å². The Morgan fingerprint density at radius 3 is 2.71 bits per heavy atom. The van der Waals surface area contributed by atoms with Gasteiger partial charge in [0.1, 0.15) is 37.9 Å². The maximum absolute atomic E-state index is 16.0. The van der Waals surface area contributed by atoms with Gasteiger partial charge < -0.3 is 39.8 Å². The number of aliphatic hydroxyl groups excluding tert-OH is 2. The van der Waals surface area contributed by atoms with Crippen molar-refractivity contribution in [2.45, 2.75) is 36.0 Å². The van der Waals surface area contributed by atoms with E-state index in [1.165, 1.54) is 0 Å². The molecule has 226 valence electrons. The van der Waals surface area contributed by atoms with Gasteiger partial charge in [-0.1, -0.05) is 5.21 Å². The lowest BCUT2D eigenvalue weighted by atomic mass is 10.1. The molecule has 0 aromatic carbocycles. The number of aliphatic hydroxyl groups is 2. The number of anilines is 1. The highest BCUT2D eigenvalue weighted by atomic mass is 32.5. The van der Waals surface area contributed by atoms with Crippen LogP contribution in [0.2, 0.25) is 0 Å². The lowest BCUT2D eigenvalue weighted by Crippen LogP contribution is -2.47. The molecule has 0 amide bonds. The Hall–Kier alpha value is -3.34. The van der Waals surface area contributed by atoms with Crippen molar-refractivity contribution >= 4 is 46.8 Å². The van der Waals surface area contributed by atoms with E-state index in [1.54, 1.807) is 0 Å². The van der Waals surface area contributed by atoms with Gasteiger partial charge >= 0.3 is 6.72 Å². The van der Waals surface area contributed by atoms with Crippen LogP contribution in [0, 0.1) is 0 Å². The first kappa shape index (κ1) is 28.8. The number of aromatic amines is 2. The Morgan fingerprint density at radius 1 is 1.21 bits per heavy atom. The van der Waals surface area contributed by atoms with Gasteiger partial charge in [-0.15, -0.1) is 5.10 Å². The van der Waals surface area contributed by atoms with Gasteiger partial charge in [0.2, 0.25) is 17.5 Å². The summed E-state index contributed by atoms with van der Waals surface area (Å²) in [5, 5.41) is 27.8. The summed E-state index contributed by atoms with van der Waals surface area (Å²) in [6, 6.07) is 0. The van der Waals surface area contributed by atoms with Gasteiger partial charge in [0.25, 0.3) is 11.1 Å². The lowest BCUT2D eigenvalue weighted by molar-refractivity contribution is -0.0826. The van der Waals surface area contributed by atoms with Crippen LogP contribution < -0.4 is 16.9 Å². The molecule has 0 spiro atoms. The number of rotatable bonds is 8. The minimum atomic E-state index is -4.54. The quantitative estimate of drug-likeness (QED) is 0.107. The van der Waals surface area contributed by atoms with Crippen molar-refractivity contribution in [1.82, 2.24) is 44.5 Å². The van der Waals surface area contributed by atoms with Gasteiger partial charge in [-0.2, -0.15) is 9.67 Å². The van der Waals surface area contributed by atoms with Crippen LogP contribution in [-0.2, 0) is 41.8 Å². The molecule has 4 aromatic heterocycles. The van der Waals surface area contributed by atoms with Gasteiger partial charge in [0.05, 0.1) is 19.5 Å². The molecule has 7 N–H and O–H groups in total. The van der Waals surface area contributed by atoms with Crippen molar-refractivity contribution in [3.63, 3.8) is 0 Å². The molecule has 42 heavy (non-hydrogen) atoms. The third-order valence-corrected chi connectivity index (χ3v) is 8.41. The molecule has 6 heterocycles. The van der Waals surface area contributed by atoms with Crippen molar-refractivity contribution in [3.8, 4) is 0 Å². The average molecular weight is 634 g/mol. The van der Waals surface area contributed by atoms with Crippen molar-refractivity contribution in [1.29, 1.82) is 0 Å². The molecule has 1 unspecified atom stereocenters. The molecule has 2 aliphatic heterocycles. The summed E-state index contributed by atoms with van der Waals surface area (Å²) < 4.78 is 54.8. The fraction of sp³-hybridized carbons (Fsp3) is 0.526. The number of alkyl halides is 2. The molecule has 0 saturated carbocycles. The minimum absolute atomic E-state index is 0.162. The Labute approximate surface area is 235 Å². The third-order valence-electron chi connectivity index (χ3n) is 6.85. The molecular weight excluding hydrogens is 613 g/mol. The van der Waals surface area contributed by atoms with Gasteiger partial charge in [-0.05, 0) is 11.8 Å². The smallest absolute Gasteiger partial charge is 0.327 e. The zero-order valence-corrected chi connectivity index (χ0v) is 22.6. The Bertz CT molecular complexity index is 1840. The van der Waals surface area contributed by atoms with Crippen molar-refractivity contribution in [2.75, 3.05) is 32.2 Å². The highest BCUT2D eigenvalue weighted by Gasteiger charge is 2.58. The number of nitrogens with zero attached hydrogens (tertiary/aromatic N) is 7. The summed E-state index contributed by atoms with van der Waals surface area (Å²) in [5.41, 5.74) is 0.677. The highest BCUT2D eigenvalue weighted by molar-refractivity contribution is 8.07. The largest absolute Gasteiger partial charge is 0.394 e. The van der Waals surface area contributed by atoms with Crippen LogP contribution in [-0.4, -0.2) is 110 Å². The molecule has 6 rings (SSSR count). The fourth-order valence-electron chi connectivity index (χ4n) is 4.76. The number of hydrogen-bond acceptors (Lipinski definition) is 15. The van der Waals surface area contributed by atoms with E-state index < -0.39 is 80.3 Å². The zero-order valence-electron chi connectivity index (χ0n) is 20.9. The van der Waals surface area contributed by atoms with Gasteiger partial charge in [0, 0.05) is 0 Å². The van der Waals surface area contributed by atoms with E-state index in [2.05, 4.69) is 35.2 Å². The molecule has 7 atom stereocenters. The van der Waals surface area contributed by atoms with Crippen molar-refractivity contribution in [3.05, 3.63) is 33.4 Å². The molecule has 4 aromatic rings. The van der Waals surface area contributed by atoms with Crippen molar-refractivity contribution in [2.24, 2.45) is 0 Å². The van der Waals surface area contributed by atoms with Crippen LogP contribution in [0.4, 0.5) is 14.7 Å².